The molecule has 0 spiro atoms. The normalized spacial score (nSPS) is 13.0. The molecule has 0 saturated heterocycles. The summed E-state index contributed by atoms with van der Waals surface area (Å²) in [5.74, 6) is 2.91. The molecule has 0 unspecified atom stereocenters. The number of amides is 1. The molecule has 6 heteroatoms. The van der Waals surface area contributed by atoms with E-state index in [0.717, 1.165) is 28.4 Å². The third-order valence-corrected chi connectivity index (χ3v) is 4.82. The number of fused-ring (bicyclic) bond motifs is 1. The number of rotatable bonds is 7. The molecule has 0 radical (unpaired) electrons. The van der Waals surface area contributed by atoms with Crippen molar-refractivity contribution < 1.29 is 23.7 Å². The average molecular weight is 385 g/mol. The van der Waals surface area contributed by atoms with Crippen molar-refractivity contribution in [1.82, 2.24) is 5.32 Å². The molecule has 28 heavy (non-hydrogen) atoms. The summed E-state index contributed by atoms with van der Waals surface area (Å²) in [5, 5.41) is 3.11. The number of carbonyl (C=O) groups is 1. The van der Waals surface area contributed by atoms with E-state index in [2.05, 4.69) is 5.32 Å². The van der Waals surface area contributed by atoms with Gasteiger partial charge in [0.2, 0.25) is 5.91 Å². The summed E-state index contributed by atoms with van der Waals surface area (Å²) in [7, 11) is 3.24. The van der Waals surface area contributed by atoms with Gasteiger partial charge in [-0.2, -0.15) is 0 Å². The molecule has 150 valence electrons. The first-order chi connectivity index (χ1) is 13.4. The minimum Gasteiger partial charge on any atom is -0.497 e. The molecule has 2 aromatic rings. The van der Waals surface area contributed by atoms with Crippen molar-refractivity contribution in [2.75, 3.05) is 27.4 Å². The van der Waals surface area contributed by atoms with Gasteiger partial charge in [-0.15, -0.1) is 0 Å². The van der Waals surface area contributed by atoms with E-state index >= 15 is 0 Å². The van der Waals surface area contributed by atoms with Gasteiger partial charge in [-0.05, 0) is 61.7 Å². The van der Waals surface area contributed by atoms with Crippen molar-refractivity contribution in [3.8, 4) is 23.0 Å². The van der Waals surface area contributed by atoms with Crippen LogP contribution in [-0.4, -0.2) is 33.3 Å². The highest BCUT2D eigenvalue weighted by molar-refractivity contribution is 5.77. The van der Waals surface area contributed by atoms with E-state index in [-0.39, 0.29) is 5.91 Å². The molecule has 6 nitrogen and oxygen atoms in total. The standard InChI is InChI=1S/C22H27NO5/c1-22(2,16-6-8-19-20(14-16)28-12-11-27-19)23-21(24)10-5-15-13-17(25-3)7-9-18(15)26-4/h6-9,13-14H,5,10-12H2,1-4H3,(H,23,24). The van der Waals surface area contributed by atoms with Crippen molar-refractivity contribution in [3.05, 3.63) is 47.5 Å². The second-order valence-electron chi connectivity index (χ2n) is 7.21. The Balaban J connectivity index is 1.65. The van der Waals surface area contributed by atoms with E-state index in [1.54, 1.807) is 14.2 Å². The summed E-state index contributed by atoms with van der Waals surface area (Å²) in [6.45, 7) is 5.04. The molecular weight excluding hydrogens is 358 g/mol. The molecule has 1 heterocycles. The van der Waals surface area contributed by atoms with Crippen LogP contribution < -0.4 is 24.3 Å². The van der Waals surface area contributed by atoms with Crippen molar-refractivity contribution in [2.24, 2.45) is 0 Å². The number of aryl methyl sites for hydroxylation is 1. The van der Waals surface area contributed by atoms with Gasteiger partial charge in [0.25, 0.3) is 0 Å². The Bertz CT molecular complexity index is 847. The Morgan fingerprint density at radius 3 is 2.50 bits per heavy atom. The monoisotopic (exact) mass is 385 g/mol. The molecule has 0 aliphatic carbocycles. The first kappa shape index (κ1) is 19.9. The smallest absolute Gasteiger partial charge is 0.221 e. The van der Waals surface area contributed by atoms with Gasteiger partial charge in [0, 0.05) is 6.42 Å². The quantitative estimate of drug-likeness (QED) is 0.791. The predicted octanol–water partition coefficient (Wildman–Crippen LogP) is 3.46. The van der Waals surface area contributed by atoms with Gasteiger partial charge in [-0.3, -0.25) is 4.79 Å². The van der Waals surface area contributed by atoms with Crippen LogP contribution in [0.1, 0.15) is 31.4 Å². The zero-order valence-electron chi connectivity index (χ0n) is 16.8. The topological polar surface area (TPSA) is 66.0 Å². The predicted molar refractivity (Wildman–Crippen MR) is 106 cm³/mol. The molecule has 3 rings (SSSR count). The van der Waals surface area contributed by atoms with E-state index in [4.69, 9.17) is 18.9 Å². The van der Waals surface area contributed by atoms with Crippen LogP contribution in [0, 0.1) is 0 Å². The van der Waals surface area contributed by atoms with Gasteiger partial charge in [-0.25, -0.2) is 0 Å². The van der Waals surface area contributed by atoms with Crippen molar-refractivity contribution >= 4 is 5.91 Å². The second kappa shape index (κ2) is 8.42. The average Bonchev–Trinajstić information content (AvgIpc) is 2.71. The van der Waals surface area contributed by atoms with Gasteiger partial charge < -0.3 is 24.3 Å². The maximum absolute atomic E-state index is 12.6. The number of ether oxygens (including phenoxy) is 4. The third-order valence-electron chi connectivity index (χ3n) is 4.82. The van der Waals surface area contributed by atoms with Gasteiger partial charge in [0.15, 0.2) is 11.5 Å². The Hall–Kier alpha value is -2.89. The van der Waals surface area contributed by atoms with Crippen LogP contribution in [0.3, 0.4) is 0 Å². The van der Waals surface area contributed by atoms with Crippen LogP contribution >= 0.6 is 0 Å². The van der Waals surface area contributed by atoms with Crippen LogP contribution in [0.5, 0.6) is 23.0 Å². The fourth-order valence-corrected chi connectivity index (χ4v) is 3.24. The number of hydrogen-bond donors (Lipinski definition) is 1. The molecule has 2 aromatic carbocycles. The Kier molecular flexibility index (Phi) is 5.97. The van der Waals surface area contributed by atoms with E-state index in [9.17, 15) is 4.79 Å². The summed E-state index contributed by atoms with van der Waals surface area (Å²) >= 11 is 0. The summed E-state index contributed by atoms with van der Waals surface area (Å²) in [4.78, 5) is 12.6. The van der Waals surface area contributed by atoms with Crippen LogP contribution in [0.25, 0.3) is 0 Å². The zero-order valence-corrected chi connectivity index (χ0v) is 16.8. The van der Waals surface area contributed by atoms with Gasteiger partial charge in [0.1, 0.15) is 24.7 Å². The molecule has 1 amide bonds. The summed E-state index contributed by atoms with van der Waals surface area (Å²) < 4.78 is 21.9. The summed E-state index contributed by atoms with van der Waals surface area (Å²) in [6.07, 6.45) is 0.904. The number of benzene rings is 2. The highest BCUT2D eigenvalue weighted by Crippen LogP contribution is 2.34. The van der Waals surface area contributed by atoms with Crippen molar-refractivity contribution in [3.63, 3.8) is 0 Å². The number of methoxy groups -OCH3 is 2. The molecule has 1 N–H and O–H groups in total. The molecule has 0 saturated carbocycles. The lowest BCUT2D eigenvalue weighted by atomic mass is 9.93. The third kappa shape index (κ3) is 4.50. The number of carbonyl (C=O) groups excluding carboxylic acids is 1. The minimum atomic E-state index is -0.536. The second-order valence-corrected chi connectivity index (χ2v) is 7.21. The van der Waals surface area contributed by atoms with Crippen molar-refractivity contribution in [1.29, 1.82) is 0 Å². The maximum atomic E-state index is 12.6. The minimum absolute atomic E-state index is 0.0373. The molecule has 1 aliphatic heterocycles. The summed E-state index contributed by atoms with van der Waals surface area (Å²) in [6, 6.07) is 11.4. The lowest BCUT2D eigenvalue weighted by Gasteiger charge is -2.29. The summed E-state index contributed by atoms with van der Waals surface area (Å²) in [5.41, 5.74) is 1.36. The molecular formula is C22H27NO5. The first-order valence-electron chi connectivity index (χ1n) is 9.35. The van der Waals surface area contributed by atoms with E-state index in [1.807, 2.05) is 50.2 Å². The molecule has 0 aromatic heterocycles. The lowest BCUT2D eigenvalue weighted by Crippen LogP contribution is -2.41. The zero-order chi connectivity index (χ0) is 20.1. The maximum Gasteiger partial charge on any atom is 0.221 e. The largest absolute Gasteiger partial charge is 0.497 e. The molecule has 0 bridgehead atoms. The van der Waals surface area contributed by atoms with Crippen LogP contribution in [-0.2, 0) is 16.8 Å². The number of hydrogen-bond acceptors (Lipinski definition) is 5. The molecule has 1 aliphatic rings. The fraction of sp³-hybridized carbons (Fsp3) is 0.409. The highest BCUT2D eigenvalue weighted by atomic mass is 16.6. The van der Waals surface area contributed by atoms with Crippen LogP contribution in [0.15, 0.2) is 36.4 Å². The Morgan fingerprint density at radius 2 is 1.79 bits per heavy atom. The van der Waals surface area contributed by atoms with E-state index in [0.29, 0.717) is 31.8 Å². The number of nitrogens with one attached hydrogen (secondary N) is 1. The van der Waals surface area contributed by atoms with Crippen molar-refractivity contribution in [2.45, 2.75) is 32.2 Å². The molecule has 0 fully saturated rings. The van der Waals surface area contributed by atoms with E-state index < -0.39 is 5.54 Å². The Labute approximate surface area is 165 Å². The van der Waals surface area contributed by atoms with Crippen LogP contribution in [0.4, 0.5) is 0 Å². The van der Waals surface area contributed by atoms with Crippen LogP contribution in [0.2, 0.25) is 0 Å². The van der Waals surface area contributed by atoms with Gasteiger partial charge in [0.05, 0.1) is 19.8 Å². The molecule has 0 atom stereocenters. The Morgan fingerprint density at radius 1 is 1.04 bits per heavy atom. The SMILES string of the molecule is COc1ccc(OC)c(CCC(=O)NC(C)(C)c2ccc3c(c2)OCCO3)c1. The van der Waals surface area contributed by atoms with Gasteiger partial charge >= 0.3 is 0 Å². The highest BCUT2D eigenvalue weighted by Gasteiger charge is 2.25. The fourth-order valence-electron chi connectivity index (χ4n) is 3.24. The first-order valence-corrected chi connectivity index (χ1v) is 9.35. The van der Waals surface area contributed by atoms with Gasteiger partial charge in [-0.1, -0.05) is 6.07 Å². The van der Waals surface area contributed by atoms with E-state index in [1.165, 1.54) is 0 Å². The lowest BCUT2D eigenvalue weighted by molar-refractivity contribution is -0.122.